The van der Waals surface area contributed by atoms with Gasteiger partial charge in [-0.15, -0.1) is 0 Å². The van der Waals surface area contributed by atoms with Gasteiger partial charge in [-0.3, -0.25) is 4.79 Å². The molecule has 0 amide bonds. The first kappa shape index (κ1) is 18.3. The molecule has 0 fully saturated rings. The Morgan fingerprint density at radius 2 is 1.74 bits per heavy atom. The van der Waals surface area contributed by atoms with Gasteiger partial charge in [0.05, 0.1) is 12.2 Å². The Kier molecular flexibility index (Phi) is 8.20. The number of rotatable bonds is 10. The van der Waals surface area contributed by atoms with Crippen molar-refractivity contribution in [3.63, 3.8) is 0 Å². The molecule has 0 radical (unpaired) electrons. The second-order valence-electron chi connectivity index (χ2n) is 4.74. The van der Waals surface area contributed by atoms with Gasteiger partial charge in [0.2, 0.25) is 10.0 Å². The van der Waals surface area contributed by atoms with Gasteiger partial charge in [0.1, 0.15) is 0 Å². The van der Waals surface area contributed by atoms with Crippen molar-refractivity contribution in [3.05, 3.63) is 0 Å². The van der Waals surface area contributed by atoms with Crippen LogP contribution >= 0.6 is 0 Å². The van der Waals surface area contributed by atoms with Crippen molar-refractivity contribution in [1.29, 1.82) is 0 Å². The highest BCUT2D eigenvalue weighted by atomic mass is 32.2. The standard InChI is InChI=1S/C12H26N2O4S/c1-5-13(6-2)8-7-9-14(19(4,17)18)10-11(3)12(15)16/h11H,5-10H2,1-4H3,(H,15,16). The van der Waals surface area contributed by atoms with E-state index < -0.39 is 21.9 Å². The Morgan fingerprint density at radius 3 is 2.11 bits per heavy atom. The average molecular weight is 294 g/mol. The first-order valence-electron chi connectivity index (χ1n) is 6.62. The second-order valence-corrected chi connectivity index (χ2v) is 6.72. The molecule has 0 aliphatic heterocycles. The maximum absolute atomic E-state index is 11.6. The van der Waals surface area contributed by atoms with Crippen LogP contribution < -0.4 is 0 Å². The van der Waals surface area contributed by atoms with Crippen LogP contribution in [0.5, 0.6) is 0 Å². The van der Waals surface area contributed by atoms with E-state index in [2.05, 4.69) is 18.7 Å². The Bertz CT molecular complexity index is 366. The predicted octanol–water partition coefficient (Wildman–Crippen LogP) is 0.701. The number of carboxylic acid groups (broad SMARTS) is 1. The number of sulfonamides is 1. The summed E-state index contributed by atoms with van der Waals surface area (Å²) in [6.45, 7) is 8.72. The van der Waals surface area contributed by atoms with Crippen molar-refractivity contribution in [1.82, 2.24) is 9.21 Å². The van der Waals surface area contributed by atoms with E-state index in [0.717, 1.165) is 25.9 Å². The van der Waals surface area contributed by atoms with Gasteiger partial charge in [-0.05, 0) is 26.1 Å². The summed E-state index contributed by atoms with van der Waals surface area (Å²) in [7, 11) is -3.35. The zero-order chi connectivity index (χ0) is 15.1. The molecule has 0 saturated heterocycles. The van der Waals surface area contributed by atoms with E-state index in [1.165, 1.54) is 11.2 Å². The van der Waals surface area contributed by atoms with Crippen LogP contribution in [0.2, 0.25) is 0 Å². The van der Waals surface area contributed by atoms with Gasteiger partial charge in [0.15, 0.2) is 0 Å². The Balaban J connectivity index is 4.43. The molecule has 6 nitrogen and oxygen atoms in total. The predicted molar refractivity (Wildman–Crippen MR) is 75.6 cm³/mol. The van der Waals surface area contributed by atoms with Crippen molar-refractivity contribution in [2.24, 2.45) is 5.92 Å². The largest absolute Gasteiger partial charge is 0.481 e. The van der Waals surface area contributed by atoms with Crippen molar-refractivity contribution >= 4 is 16.0 Å². The van der Waals surface area contributed by atoms with E-state index in [9.17, 15) is 13.2 Å². The summed E-state index contributed by atoms with van der Waals surface area (Å²) in [5.74, 6) is -1.67. The molecule has 0 aliphatic carbocycles. The zero-order valence-corrected chi connectivity index (χ0v) is 13.1. The van der Waals surface area contributed by atoms with Crippen LogP contribution in [0.1, 0.15) is 27.2 Å². The monoisotopic (exact) mass is 294 g/mol. The van der Waals surface area contributed by atoms with E-state index in [1.807, 2.05) is 0 Å². The molecule has 0 aromatic carbocycles. The molecular weight excluding hydrogens is 268 g/mol. The summed E-state index contributed by atoms with van der Waals surface area (Å²) in [5.41, 5.74) is 0. The average Bonchev–Trinajstić information content (AvgIpc) is 2.31. The maximum Gasteiger partial charge on any atom is 0.307 e. The lowest BCUT2D eigenvalue weighted by atomic mass is 10.2. The molecule has 19 heavy (non-hydrogen) atoms. The third kappa shape index (κ3) is 7.49. The fraction of sp³-hybridized carbons (Fsp3) is 0.917. The quantitative estimate of drug-likeness (QED) is 0.642. The van der Waals surface area contributed by atoms with Gasteiger partial charge in [-0.1, -0.05) is 20.8 Å². The fourth-order valence-corrected chi connectivity index (χ4v) is 2.74. The normalized spacial score (nSPS) is 14.0. The van der Waals surface area contributed by atoms with Crippen LogP contribution in [-0.4, -0.2) is 67.7 Å². The first-order valence-corrected chi connectivity index (χ1v) is 8.47. The summed E-state index contributed by atoms with van der Waals surface area (Å²) >= 11 is 0. The molecule has 0 bridgehead atoms. The molecular formula is C12H26N2O4S. The number of carbonyl (C=O) groups is 1. The topological polar surface area (TPSA) is 77.9 Å². The molecule has 1 atom stereocenters. The van der Waals surface area contributed by atoms with Crippen LogP contribution in [-0.2, 0) is 14.8 Å². The molecule has 114 valence electrons. The van der Waals surface area contributed by atoms with E-state index in [0.29, 0.717) is 13.0 Å². The van der Waals surface area contributed by atoms with Crippen molar-refractivity contribution in [3.8, 4) is 0 Å². The van der Waals surface area contributed by atoms with Gasteiger partial charge in [0, 0.05) is 13.1 Å². The minimum absolute atomic E-state index is 0.0341. The Hall–Kier alpha value is -0.660. The van der Waals surface area contributed by atoms with Crippen molar-refractivity contribution in [2.45, 2.75) is 27.2 Å². The first-order chi connectivity index (χ1) is 8.72. The molecule has 0 rings (SSSR count). The summed E-state index contributed by atoms with van der Waals surface area (Å²) in [6, 6.07) is 0. The third-order valence-corrected chi connectivity index (χ3v) is 4.41. The zero-order valence-electron chi connectivity index (χ0n) is 12.3. The van der Waals surface area contributed by atoms with Gasteiger partial charge in [-0.25, -0.2) is 12.7 Å². The van der Waals surface area contributed by atoms with Crippen LogP contribution in [0.25, 0.3) is 0 Å². The van der Waals surface area contributed by atoms with Crippen LogP contribution in [0, 0.1) is 5.92 Å². The van der Waals surface area contributed by atoms with Crippen molar-refractivity contribution in [2.75, 3.05) is 39.0 Å². The van der Waals surface area contributed by atoms with Crippen LogP contribution in [0.4, 0.5) is 0 Å². The second kappa shape index (κ2) is 8.50. The lowest BCUT2D eigenvalue weighted by Crippen LogP contribution is -2.38. The molecule has 0 aromatic heterocycles. The highest BCUT2D eigenvalue weighted by Gasteiger charge is 2.22. The third-order valence-electron chi connectivity index (χ3n) is 3.14. The molecule has 1 unspecified atom stereocenters. The lowest BCUT2D eigenvalue weighted by molar-refractivity contribution is -0.141. The molecule has 7 heteroatoms. The van der Waals surface area contributed by atoms with Gasteiger partial charge in [0.25, 0.3) is 0 Å². The minimum atomic E-state index is -3.35. The summed E-state index contributed by atoms with van der Waals surface area (Å²) in [4.78, 5) is 13.0. The smallest absolute Gasteiger partial charge is 0.307 e. The van der Waals surface area contributed by atoms with Crippen LogP contribution in [0.3, 0.4) is 0 Å². The number of hydrogen-bond donors (Lipinski definition) is 1. The lowest BCUT2D eigenvalue weighted by Gasteiger charge is -2.24. The fourth-order valence-electron chi connectivity index (χ4n) is 1.79. The number of nitrogens with zero attached hydrogens (tertiary/aromatic N) is 2. The number of hydrogen-bond acceptors (Lipinski definition) is 4. The molecule has 0 aliphatic rings. The van der Waals surface area contributed by atoms with E-state index in [4.69, 9.17) is 5.11 Å². The highest BCUT2D eigenvalue weighted by Crippen LogP contribution is 2.07. The number of carboxylic acids is 1. The SMILES string of the molecule is CCN(CC)CCCN(CC(C)C(=O)O)S(C)(=O)=O. The van der Waals surface area contributed by atoms with Gasteiger partial charge in [-0.2, -0.15) is 0 Å². The molecule has 0 aromatic rings. The molecule has 1 N–H and O–H groups in total. The van der Waals surface area contributed by atoms with E-state index >= 15 is 0 Å². The van der Waals surface area contributed by atoms with E-state index in [-0.39, 0.29) is 6.54 Å². The maximum atomic E-state index is 11.6. The highest BCUT2D eigenvalue weighted by molar-refractivity contribution is 7.88. The minimum Gasteiger partial charge on any atom is -0.481 e. The Labute approximate surface area is 116 Å². The number of aliphatic carboxylic acids is 1. The molecule has 0 saturated carbocycles. The molecule has 0 spiro atoms. The molecule has 0 heterocycles. The van der Waals surface area contributed by atoms with Crippen LogP contribution in [0.15, 0.2) is 0 Å². The summed E-state index contributed by atoms with van der Waals surface area (Å²) in [5, 5.41) is 8.86. The summed E-state index contributed by atoms with van der Waals surface area (Å²) in [6.07, 6.45) is 1.83. The van der Waals surface area contributed by atoms with E-state index in [1.54, 1.807) is 0 Å². The van der Waals surface area contributed by atoms with Gasteiger partial charge < -0.3 is 10.0 Å². The summed E-state index contributed by atoms with van der Waals surface area (Å²) < 4.78 is 24.5. The Morgan fingerprint density at radius 1 is 1.21 bits per heavy atom. The van der Waals surface area contributed by atoms with Gasteiger partial charge >= 0.3 is 5.97 Å². The van der Waals surface area contributed by atoms with Crippen molar-refractivity contribution < 1.29 is 18.3 Å².